The highest BCUT2D eigenvalue weighted by Crippen LogP contribution is 2.42. The Labute approximate surface area is 125 Å². The molecule has 1 aliphatic rings. The average molecular weight is 313 g/mol. The molecular weight excluding hydrogens is 298 g/mol. The van der Waals surface area contributed by atoms with Gasteiger partial charge in [0.2, 0.25) is 13.3 Å². The van der Waals surface area contributed by atoms with E-state index >= 15 is 0 Å². The summed E-state index contributed by atoms with van der Waals surface area (Å²) in [4.78, 5) is 21.6. The zero-order valence-electron chi connectivity index (χ0n) is 11.6. The van der Waals surface area contributed by atoms with Crippen molar-refractivity contribution in [2.75, 3.05) is 13.3 Å². The number of hydrogen-bond acceptors (Lipinski definition) is 6. The highest BCUT2D eigenvalue weighted by atomic mass is 32.2. The first-order chi connectivity index (χ1) is 9.79. The Morgan fingerprint density at radius 1 is 1.48 bits per heavy atom. The zero-order valence-corrected chi connectivity index (χ0v) is 12.4. The lowest BCUT2D eigenvalue weighted by molar-refractivity contribution is -0.479. The van der Waals surface area contributed by atoms with Crippen LogP contribution in [-0.2, 0) is 4.79 Å². The second-order valence-electron chi connectivity index (χ2n) is 5.05. The molecule has 1 unspecified atom stereocenters. The number of nitrogens with zero attached hydrogens (tertiary/aromatic N) is 1. The van der Waals surface area contributed by atoms with Gasteiger partial charge in [-0.15, -0.1) is 11.8 Å². The van der Waals surface area contributed by atoms with Crippen LogP contribution in [0.3, 0.4) is 0 Å². The van der Waals surface area contributed by atoms with Crippen molar-refractivity contribution in [3.05, 3.63) is 33.9 Å². The lowest BCUT2D eigenvalue weighted by Gasteiger charge is -2.23. The Kier molecular flexibility index (Phi) is 4.26. The van der Waals surface area contributed by atoms with E-state index in [1.807, 2.05) is 0 Å². The molecule has 1 aromatic carbocycles. The number of benzene rings is 1. The molecule has 0 saturated heterocycles. The van der Waals surface area contributed by atoms with E-state index in [9.17, 15) is 20.0 Å². The van der Waals surface area contributed by atoms with Gasteiger partial charge in [0.15, 0.2) is 11.5 Å². The van der Waals surface area contributed by atoms with Gasteiger partial charge in [0.25, 0.3) is 0 Å². The van der Waals surface area contributed by atoms with Crippen molar-refractivity contribution in [3.63, 3.8) is 0 Å². The smallest absolute Gasteiger partial charge is 0.319 e. The van der Waals surface area contributed by atoms with Crippen LogP contribution >= 0.6 is 11.8 Å². The normalized spacial score (nSPS) is 14.8. The number of aliphatic carboxylic acids is 1. The van der Waals surface area contributed by atoms with Crippen molar-refractivity contribution in [3.8, 4) is 11.5 Å². The predicted molar refractivity (Wildman–Crippen MR) is 76.5 cm³/mol. The number of rotatable bonds is 6. The Bertz CT molecular complexity index is 574. The van der Waals surface area contributed by atoms with E-state index in [0.29, 0.717) is 17.1 Å². The van der Waals surface area contributed by atoms with E-state index in [1.54, 1.807) is 18.2 Å². The third kappa shape index (κ3) is 3.57. The fourth-order valence-corrected chi connectivity index (χ4v) is 3.16. The third-order valence-electron chi connectivity index (χ3n) is 3.04. The van der Waals surface area contributed by atoms with Gasteiger partial charge in [-0.2, -0.15) is 0 Å². The summed E-state index contributed by atoms with van der Waals surface area (Å²) in [5.74, 6) is 0.0947. The molecular formula is C13H15NO6S. The van der Waals surface area contributed by atoms with Crippen molar-refractivity contribution in [2.45, 2.75) is 23.8 Å². The molecule has 2 rings (SSSR count). The van der Waals surface area contributed by atoms with Crippen molar-refractivity contribution in [1.82, 2.24) is 0 Å². The van der Waals surface area contributed by atoms with Crippen LogP contribution in [0.1, 0.15) is 24.7 Å². The number of ether oxygens (including phenoxy) is 2. The molecule has 0 radical (unpaired) electrons. The van der Waals surface area contributed by atoms with Gasteiger partial charge in [0, 0.05) is 4.92 Å². The summed E-state index contributed by atoms with van der Waals surface area (Å²) in [5.41, 5.74) is 0.648. The van der Waals surface area contributed by atoms with Gasteiger partial charge in [-0.3, -0.25) is 14.9 Å². The summed E-state index contributed by atoms with van der Waals surface area (Å²) >= 11 is 1.04. The van der Waals surface area contributed by atoms with Gasteiger partial charge in [-0.1, -0.05) is 6.07 Å². The Morgan fingerprint density at radius 3 is 2.76 bits per heavy atom. The lowest BCUT2D eigenvalue weighted by atomic mass is 10.1. The minimum atomic E-state index is -1.13. The number of nitro groups is 1. The largest absolute Gasteiger partial charge is 0.480 e. The van der Waals surface area contributed by atoms with Gasteiger partial charge in [0.05, 0.1) is 5.25 Å². The van der Waals surface area contributed by atoms with Crippen LogP contribution in [-0.4, -0.2) is 34.1 Å². The molecule has 1 heterocycles. The molecule has 0 bridgehead atoms. The summed E-state index contributed by atoms with van der Waals surface area (Å²) in [5, 5.41) is 19.5. The number of fused-ring (bicyclic) bond motifs is 1. The highest BCUT2D eigenvalue weighted by Gasteiger charge is 2.34. The maximum absolute atomic E-state index is 11.2. The predicted octanol–water partition coefficient (Wildman–Crippen LogP) is 2.33. The minimum Gasteiger partial charge on any atom is -0.480 e. The molecule has 7 nitrogen and oxygen atoms in total. The first kappa shape index (κ1) is 15.4. The third-order valence-corrected chi connectivity index (χ3v) is 4.50. The van der Waals surface area contributed by atoms with Crippen molar-refractivity contribution in [1.29, 1.82) is 0 Å². The highest BCUT2D eigenvalue weighted by molar-refractivity contribution is 8.01. The maximum Gasteiger partial charge on any atom is 0.319 e. The SMILES string of the molecule is CC(C)(SC(C[N+](=O)[O-])c1ccc2c(c1)OCO2)C(=O)O. The second-order valence-corrected chi connectivity index (χ2v) is 6.88. The number of carboxylic acid groups (broad SMARTS) is 1. The van der Waals surface area contributed by atoms with E-state index in [-0.39, 0.29) is 13.3 Å². The van der Waals surface area contributed by atoms with Crippen LogP contribution in [0.5, 0.6) is 11.5 Å². The summed E-state index contributed by atoms with van der Waals surface area (Å²) in [6, 6.07) is 5.05. The van der Waals surface area contributed by atoms with E-state index in [1.165, 1.54) is 13.8 Å². The standard InChI is InChI=1S/C13H15NO6S/c1-13(2,12(15)16)21-11(6-14(17)18)8-3-4-9-10(5-8)20-7-19-9/h3-5,11H,6-7H2,1-2H3,(H,15,16). The van der Waals surface area contributed by atoms with Crippen LogP contribution in [0, 0.1) is 10.1 Å². The van der Waals surface area contributed by atoms with Crippen molar-refractivity contribution >= 4 is 17.7 Å². The monoisotopic (exact) mass is 313 g/mol. The second kappa shape index (κ2) is 5.80. The summed E-state index contributed by atoms with van der Waals surface area (Å²) in [6.45, 7) is 2.81. The first-order valence-corrected chi connectivity index (χ1v) is 7.10. The molecule has 0 fully saturated rings. The molecule has 114 valence electrons. The van der Waals surface area contributed by atoms with Crippen LogP contribution in [0.15, 0.2) is 18.2 Å². The minimum absolute atomic E-state index is 0.118. The van der Waals surface area contributed by atoms with Crippen molar-refractivity contribution < 1.29 is 24.3 Å². The van der Waals surface area contributed by atoms with Gasteiger partial charge in [0.1, 0.15) is 4.75 Å². The Balaban J connectivity index is 2.27. The molecule has 0 spiro atoms. The van der Waals surface area contributed by atoms with Gasteiger partial charge in [-0.05, 0) is 31.5 Å². The molecule has 0 saturated carbocycles. The van der Waals surface area contributed by atoms with Gasteiger partial charge >= 0.3 is 5.97 Å². The molecule has 1 N–H and O–H groups in total. The first-order valence-electron chi connectivity index (χ1n) is 6.22. The van der Waals surface area contributed by atoms with Gasteiger partial charge < -0.3 is 14.6 Å². The molecule has 1 atom stereocenters. The van der Waals surface area contributed by atoms with Gasteiger partial charge in [-0.25, -0.2) is 0 Å². The Morgan fingerprint density at radius 2 is 2.14 bits per heavy atom. The number of carboxylic acids is 1. The van der Waals surface area contributed by atoms with E-state index in [4.69, 9.17) is 9.47 Å². The molecule has 0 aliphatic carbocycles. The molecule has 8 heteroatoms. The summed E-state index contributed by atoms with van der Waals surface area (Å²) in [7, 11) is 0. The summed E-state index contributed by atoms with van der Waals surface area (Å²) < 4.78 is 9.32. The van der Waals surface area contributed by atoms with E-state index < -0.39 is 20.9 Å². The number of hydrogen-bond donors (Lipinski definition) is 1. The molecule has 21 heavy (non-hydrogen) atoms. The van der Waals surface area contributed by atoms with Crippen molar-refractivity contribution in [2.24, 2.45) is 0 Å². The number of carbonyl (C=O) groups is 1. The molecule has 0 aromatic heterocycles. The van der Waals surface area contributed by atoms with Crippen LogP contribution in [0.2, 0.25) is 0 Å². The maximum atomic E-state index is 11.2. The molecule has 1 aliphatic heterocycles. The molecule has 1 aromatic rings. The average Bonchev–Trinajstić information content (AvgIpc) is 2.83. The topological polar surface area (TPSA) is 98.9 Å². The quantitative estimate of drug-likeness (QED) is 0.635. The summed E-state index contributed by atoms with van der Waals surface area (Å²) in [6.07, 6.45) is 0. The van der Waals surface area contributed by atoms with E-state index in [2.05, 4.69) is 0 Å². The fourth-order valence-electron chi connectivity index (χ4n) is 1.87. The van der Waals surface area contributed by atoms with Crippen LogP contribution < -0.4 is 9.47 Å². The van der Waals surface area contributed by atoms with E-state index in [0.717, 1.165) is 11.8 Å². The lowest BCUT2D eigenvalue weighted by Crippen LogP contribution is -2.29. The Hall–Kier alpha value is -1.96. The van der Waals surface area contributed by atoms with Crippen LogP contribution in [0.25, 0.3) is 0 Å². The molecule has 0 amide bonds. The zero-order chi connectivity index (χ0) is 15.6. The van der Waals surface area contributed by atoms with Crippen LogP contribution in [0.4, 0.5) is 0 Å². The number of thioether (sulfide) groups is 1. The fraction of sp³-hybridized carbons (Fsp3) is 0.462.